The van der Waals surface area contributed by atoms with Crippen LogP contribution in [-0.2, 0) is 0 Å². The maximum Gasteiger partial charge on any atom is 0.260 e. The standard InChI is InChI=1S/C15H7ClFN3OS/c16-9-2-4-12-13(6-9)22-15(19-12)20-14(21)10-3-1-8(7-18)5-11(10)17/h1-6H,(H,19,20,21). The van der Waals surface area contributed by atoms with Gasteiger partial charge in [0.25, 0.3) is 5.91 Å². The van der Waals surface area contributed by atoms with E-state index in [0.717, 1.165) is 10.8 Å². The van der Waals surface area contributed by atoms with Crippen molar-refractivity contribution in [3.63, 3.8) is 0 Å². The number of nitrogens with zero attached hydrogens (tertiary/aromatic N) is 2. The Hall–Kier alpha value is -2.49. The van der Waals surface area contributed by atoms with Crippen molar-refractivity contribution in [1.29, 1.82) is 5.26 Å². The second-order valence-corrected chi connectivity index (χ2v) is 5.86. The van der Waals surface area contributed by atoms with Gasteiger partial charge in [0.05, 0.1) is 27.4 Å². The fraction of sp³-hybridized carbons (Fsp3) is 0. The molecule has 0 saturated carbocycles. The van der Waals surface area contributed by atoms with E-state index < -0.39 is 11.7 Å². The molecule has 0 radical (unpaired) electrons. The van der Waals surface area contributed by atoms with Crippen LogP contribution in [0.1, 0.15) is 15.9 Å². The topological polar surface area (TPSA) is 65.8 Å². The van der Waals surface area contributed by atoms with Crippen LogP contribution < -0.4 is 5.32 Å². The quantitative estimate of drug-likeness (QED) is 0.764. The van der Waals surface area contributed by atoms with Gasteiger partial charge in [-0.05, 0) is 36.4 Å². The lowest BCUT2D eigenvalue weighted by atomic mass is 10.1. The molecule has 1 N–H and O–H groups in total. The highest BCUT2D eigenvalue weighted by atomic mass is 35.5. The Morgan fingerprint density at radius 1 is 1.32 bits per heavy atom. The van der Waals surface area contributed by atoms with Gasteiger partial charge >= 0.3 is 0 Å². The maximum absolute atomic E-state index is 13.8. The molecule has 108 valence electrons. The van der Waals surface area contributed by atoms with Crippen molar-refractivity contribution in [3.05, 3.63) is 58.4 Å². The number of nitrogens with one attached hydrogen (secondary N) is 1. The highest BCUT2D eigenvalue weighted by molar-refractivity contribution is 7.22. The lowest BCUT2D eigenvalue weighted by Crippen LogP contribution is -2.13. The molecular weight excluding hydrogens is 325 g/mol. The molecule has 0 spiro atoms. The fourth-order valence-electron chi connectivity index (χ4n) is 1.89. The molecule has 0 bridgehead atoms. The van der Waals surface area contributed by atoms with Crippen LogP contribution in [0.4, 0.5) is 9.52 Å². The molecule has 0 aliphatic rings. The number of halogens is 2. The summed E-state index contributed by atoms with van der Waals surface area (Å²) in [5, 5.41) is 12.2. The van der Waals surface area contributed by atoms with Gasteiger partial charge in [-0.1, -0.05) is 22.9 Å². The van der Waals surface area contributed by atoms with E-state index in [1.165, 1.54) is 23.5 Å². The Morgan fingerprint density at radius 2 is 2.14 bits per heavy atom. The number of carbonyl (C=O) groups is 1. The summed E-state index contributed by atoms with van der Waals surface area (Å²) < 4.78 is 14.6. The van der Waals surface area contributed by atoms with Gasteiger partial charge in [0.1, 0.15) is 5.82 Å². The minimum absolute atomic E-state index is 0.142. The number of carbonyl (C=O) groups excluding carboxylic acids is 1. The van der Waals surface area contributed by atoms with Gasteiger partial charge in [0, 0.05) is 5.02 Å². The van der Waals surface area contributed by atoms with Crippen LogP contribution in [0.3, 0.4) is 0 Å². The number of hydrogen-bond donors (Lipinski definition) is 1. The number of aromatic nitrogens is 1. The van der Waals surface area contributed by atoms with Crippen molar-refractivity contribution in [2.45, 2.75) is 0 Å². The second-order valence-electron chi connectivity index (χ2n) is 4.39. The molecule has 0 saturated heterocycles. The maximum atomic E-state index is 13.8. The number of nitriles is 1. The zero-order valence-electron chi connectivity index (χ0n) is 10.9. The first-order chi connectivity index (χ1) is 10.6. The molecule has 0 fully saturated rings. The van der Waals surface area contributed by atoms with Crippen LogP contribution in [-0.4, -0.2) is 10.9 Å². The molecule has 0 atom stereocenters. The molecule has 0 unspecified atom stereocenters. The van der Waals surface area contributed by atoms with E-state index in [-0.39, 0.29) is 11.1 Å². The summed E-state index contributed by atoms with van der Waals surface area (Å²) in [5.41, 5.74) is 0.713. The zero-order valence-corrected chi connectivity index (χ0v) is 12.5. The van der Waals surface area contributed by atoms with Gasteiger partial charge in [-0.2, -0.15) is 5.26 Å². The van der Waals surface area contributed by atoms with E-state index in [1.54, 1.807) is 18.2 Å². The number of benzene rings is 2. The summed E-state index contributed by atoms with van der Waals surface area (Å²) in [6, 6.07) is 10.7. The smallest absolute Gasteiger partial charge is 0.260 e. The third kappa shape index (κ3) is 2.77. The summed E-state index contributed by atoms with van der Waals surface area (Å²) in [6.45, 7) is 0. The van der Waals surface area contributed by atoms with Crippen LogP contribution in [0, 0.1) is 17.1 Å². The minimum Gasteiger partial charge on any atom is -0.298 e. The zero-order chi connectivity index (χ0) is 15.7. The van der Waals surface area contributed by atoms with Gasteiger partial charge in [0.15, 0.2) is 5.13 Å². The third-order valence-electron chi connectivity index (χ3n) is 2.91. The Bertz CT molecular complexity index is 932. The summed E-state index contributed by atoms with van der Waals surface area (Å²) in [6.07, 6.45) is 0. The molecular formula is C15H7ClFN3OS. The molecule has 2 aromatic carbocycles. The highest BCUT2D eigenvalue weighted by Crippen LogP contribution is 2.28. The van der Waals surface area contributed by atoms with Gasteiger partial charge in [-0.25, -0.2) is 9.37 Å². The number of hydrogen-bond acceptors (Lipinski definition) is 4. The van der Waals surface area contributed by atoms with Crippen LogP contribution in [0.5, 0.6) is 0 Å². The average molecular weight is 332 g/mol. The van der Waals surface area contributed by atoms with E-state index in [1.807, 2.05) is 6.07 Å². The summed E-state index contributed by atoms with van der Waals surface area (Å²) >= 11 is 7.14. The molecule has 7 heteroatoms. The molecule has 22 heavy (non-hydrogen) atoms. The SMILES string of the molecule is N#Cc1ccc(C(=O)Nc2nc3ccc(Cl)cc3s2)c(F)c1. The minimum atomic E-state index is -0.749. The molecule has 1 aromatic heterocycles. The normalized spacial score (nSPS) is 10.4. The Labute approximate surface area is 133 Å². The lowest BCUT2D eigenvalue weighted by molar-refractivity contribution is 0.102. The lowest BCUT2D eigenvalue weighted by Gasteiger charge is -2.03. The molecule has 1 amide bonds. The number of fused-ring (bicyclic) bond motifs is 1. The molecule has 3 rings (SSSR count). The van der Waals surface area contributed by atoms with Crippen LogP contribution >= 0.6 is 22.9 Å². The first-order valence-electron chi connectivity index (χ1n) is 6.14. The van der Waals surface area contributed by atoms with E-state index >= 15 is 0 Å². The molecule has 1 heterocycles. The van der Waals surface area contributed by atoms with Gasteiger partial charge < -0.3 is 0 Å². The fourth-order valence-corrected chi connectivity index (χ4v) is 3.02. The first kappa shape index (κ1) is 14.4. The number of thiazole rings is 1. The van der Waals surface area contributed by atoms with Crippen molar-refractivity contribution in [2.24, 2.45) is 0 Å². The van der Waals surface area contributed by atoms with Crippen LogP contribution in [0.25, 0.3) is 10.2 Å². The van der Waals surface area contributed by atoms with Crippen molar-refractivity contribution >= 4 is 44.2 Å². The van der Waals surface area contributed by atoms with E-state index in [4.69, 9.17) is 16.9 Å². The van der Waals surface area contributed by atoms with Crippen molar-refractivity contribution in [1.82, 2.24) is 4.98 Å². The first-order valence-corrected chi connectivity index (χ1v) is 7.33. The summed E-state index contributed by atoms with van der Waals surface area (Å²) in [4.78, 5) is 16.3. The van der Waals surface area contributed by atoms with Crippen LogP contribution in [0.15, 0.2) is 36.4 Å². The Balaban J connectivity index is 1.88. The molecule has 4 nitrogen and oxygen atoms in total. The van der Waals surface area contributed by atoms with Crippen molar-refractivity contribution < 1.29 is 9.18 Å². The third-order valence-corrected chi connectivity index (χ3v) is 4.08. The molecule has 3 aromatic rings. The summed E-state index contributed by atoms with van der Waals surface area (Å²) in [5.74, 6) is -1.37. The van der Waals surface area contributed by atoms with Gasteiger partial charge in [-0.15, -0.1) is 0 Å². The van der Waals surface area contributed by atoms with E-state index in [0.29, 0.717) is 15.7 Å². The molecule has 0 aliphatic heterocycles. The van der Waals surface area contributed by atoms with Crippen LogP contribution in [0.2, 0.25) is 5.02 Å². The largest absolute Gasteiger partial charge is 0.298 e. The van der Waals surface area contributed by atoms with Crippen molar-refractivity contribution in [3.8, 4) is 6.07 Å². The number of rotatable bonds is 2. The Kier molecular flexibility index (Phi) is 3.75. The van der Waals surface area contributed by atoms with Gasteiger partial charge in [-0.3, -0.25) is 10.1 Å². The summed E-state index contributed by atoms with van der Waals surface area (Å²) in [7, 11) is 0. The van der Waals surface area contributed by atoms with Crippen molar-refractivity contribution in [2.75, 3.05) is 5.32 Å². The number of anilines is 1. The number of amides is 1. The van der Waals surface area contributed by atoms with E-state index in [9.17, 15) is 9.18 Å². The second kappa shape index (κ2) is 5.72. The predicted molar refractivity (Wildman–Crippen MR) is 83.7 cm³/mol. The predicted octanol–water partition coefficient (Wildman–Crippen LogP) is 4.21. The highest BCUT2D eigenvalue weighted by Gasteiger charge is 2.14. The monoisotopic (exact) mass is 331 g/mol. The molecule has 0 aliphatic carbocycles. The van der Waals surface area contributed by atoms with E-state index in [2.05, 4.69) is 10.3 Å². The van der Waals surface area contributed by atoms with Gasteiger partial charge in [0.2, 0.25) is 0 Å². The average Bonchev–Trinajstić information content (AvgIpc) is 2.88. The Morgan fingerprint density at radius 3 is 2.86 bits per heavy atom.